The molecule has 7 heteroatoms. The van der Waals surface area contributed by atoms with Crippen molar-refractivity contribution in [3.8, 4) is 11.1 Å². The first-order valence-corrected chi connectivity index (χ1v) is 12.4. The first-order valence-electron chi connectivity index (χ1n) is 12.4. The van der Waals surface area contributed by atoms with Crippen LogP contribution in [0.25, 0.3) is 11.1 Å². The molecule has 2 aromatic rings. The van der Waals surface area contributed by atoms with Gasteiger partial charge in [0.05, 0.1) is 5.41 Å². The molecule has 186 valence electrons. The maximum absolute atomic E-state index is 12.8. The van der Waals surface area contributed by atoms with Gasteiger partial charge in [0.2, 0.25) is 5.91 Å². The van der Waals surface area contributed by atoms with Crippen molar-refractivity contribution < 1.29 is 24.2 Å². The predicted octanol–water partition coefficient (Wildman–Crippen LogP) is 4.70. The van der Waals surface area contributed by atoms with E-state index in [0.717, 1.165) is 30.4 Å². The van der Waals surface area contributed by atoms with Gasteiger partial charge in [-0.2, -0.15) is 0 Å². The van der Waals surface area contributed by atoms with Crippen molar-refractivity contribution in [1.29, 1.82) is 0 Å². The fraction of sp³-hybridized carbons (Fsp3) is 0.464. The average Bonchev–Trinajstić information content (AvgIpc) is 3.10. The summed E-state index contributed by atoms with van der Waals surface area (Å²) in [6.07, 6.45) is 3.00. The zero-order valence-corrected chi connectivity index (χ0v) is 20.4. The lowest BCUT2D eigenvalue weighted by Gasteiger charge is -2.33. The van der Waals surface area contributed by atoms with Crippen molar-refractivity contribution >= 4 is 18.0 Å². The summed E-state index contributed by atoms with van der Waals surface area (Å²) in [5, 5.41) is 15.0. The summed E-state index contributed by atoms with van der Waals surface area (Å²) in [6.45, 7) is 3.78. The Labute approximate surface area is 206 Å². The molecule has 35 heavy (non-hydrogen) atoms. The number of benzene rings is 2. The number of carboxylic acids is 1. The van der Waals surface area contributed by atoms with Crippen molar-refractivity contribution in [1.82, 2.24) is 10.6 Å². The average molecular weight is 479 g/mol. The number of nitrogens with one attached hydrogen (secondary N) is 2. The highest BCUT2D eigenvalue weighted by atomic mass is 16.5. The molecule has 3 N–H and O–H groups in total. The van der Waals surface area contributed by atoms with E-state index >= 15 is 0 Å². The van der Waals surface area contributed by atoms with Gasteiger partial charge in [-0.25, -0.2) is 4.79 Å². The van der Waals surface area contributed by atoms with Gasteiger partial charge in [0.1, 0.15) is 6.61 Å². The lowest BCUT2D eigenvalue weighted by atomic mass is 9.78. The van der Waals surface area contributed by atoms with E-state index < -0.39 is 17.5 Å². The van der Waals surface area contributed by atoms with Gasteiger partial charge in [-0.3, -0.25) is 9.59 Å². The molecule has 2 aromatic carbocycles. The lowest BCUT2D eigenvalue weighted by molar-refractivity contribution is -0.147. The van der Waals surface area contributed by atoms with Crippen LogP contribution in [0.4, 0.5) is 4.79 Å². The molecule has 2 aliphatic rings. The van der Waals surface area contributed by atoms with Gasteiger partial charge in [0.25, 0.3) is 0 Å². The number of carbonyl (C=O) groups excluding carboxylic acids is 2. The molecule has 0 aliphatic heterocycles. The molecule has 0 saturated heterocycles. The van der Waals surface area contributed by atoms with E-state index in [1.165, 1.54) is 11.1 Å². The molecule has 0 radical (unpaired) electrons. The van der Waals surface area contributed by atoms with Crippen molar-refractivity contribution in [2.75, 3.05) is 13.2 Å². The van der Waals surface area contributed by atoms with Gasteiger partial charge < -0.3 is 20.5 Å². The van der Waals surface area contributed by atoms with Gasteiger partial charge in [0.15, 0.2) is 0 Å². The van der Waals surface area contributed by atoms with E-state index in [1.54, 1.807) is 13.8 Å². The molecular weight excluding hydrogens is 444 g/mol. The minimum atomic E-state index is -0.903. The molecule has 1 atom stereocenters. The molecule has 2 aliphatic carbocycles. The van der Waals surface area contributed by atoms with Crippen LogP contribution >= 0.6 is 0 Å². The Morgan fingerprint density at radius 1 is 1.03 bits per heavy atom. The minimum absolute atomic E-state index is 0.0174. The van der Waals surface area contributed by atoms with Gasteiger partial charge in [0, 0.05) is 24.9 Å². The van der Waals surface area contributed by atoms with E-state index in [1.807, 2.05) is 24.3 Å². The highest BCUT2D eigenvalue weighted by molar-refractivity contribution is 5.80. The fourth-order valence-corrected chi connectivity index (χ4v) is 4.86. The Hall–Kier alpha value is -3.35. The van der Waals surface area contributed by atoms with E-state index in [9.17, 15) is 19.5 Å². The number of aliphatic carboxylic acids is 1. The largest absolute Gasteiger partial charge is 0.481 e. The number of hydrogen-bond acceptors (Lipinski definition) is 4. The van der Waals surface area contributed by atoms with Crippen molar-refractivity contribution in [3.63, 3.8) is 0 Å². The summed E-state index contributed by atoms with van der Waals surface area (Å²) in [5.41, 5.74) is 3.75. The fourth-order valence-electron chi connectivity index (χ4n) is 4.86. The number of hydrogen-bond donors (Lipinski definition) is 3. The number of carbonyl (C=O) groups is 3. The molecule has 4 rings (SSSR count). The predicted molar refractivity (Wildman–Crippen MR) is 133 cm³/mol. The highest BCUT2D eigenvalue weighted by Gasteiger charge is 2.33. The third-order valence-corrected chi connectivity index (χ3v) is 7.42. The SMILES string of the molecule is CC(C)(CCNC(=O)CC(NC(=O)OCC1c2ccccc2-c2ccccc21)C1CCC1)C(=O)O. The maximum Gasteiger partial charge on any atom is 0.407 e. The normalized spacial score (nSPS) is 15.9. The van der Waals surface area contributed by atoms with Crippen LogP contribution in [0.15, 0.2) is 48.5 Å². The molecule has 0 aromatic heterocycles. The number of alkyl carbamates (subject to hydrolysis) is 1. The number of amides is 2. The molecule has 0 bridgehead atoms. The summed E-state index contributed by atoms with van der Waals surface area (Å²) in [7, 11) is 0. The Kier molecular flexibility index (Phi) is 7.43. The zero-order valence-electron chi connectivity index (χ0n) is 20.4. The Morgan fingerprint density at radius 3 is 2.17 bits per heavy atom. The van der Waals surface area contributed by atoms with Crippen molar-refractivity contribution in [3.05, 3.63) is 59.7 Å². The Balaban J connectivity index is 1.32. The maximum atomic E-state index is 12.8. The Morgan fingerprint density at radius 2 is 1.63 bits per heavy atom. The van der Waals surface area contributed by atoms with Gasteiger partial charge in [-0.1, -0.05) is 55.0 Å². The molecule has 0 heterocycles. The number of rotatable bonds is 10. The van der Waals surface area contributed by atoms with Gasteiger partial charge in [-0.05, 0) is 61.3 Å². The van der Waals surface area contributed by atoms with Crippen LogP contribution in [0.1, 0.15) is 63.0 Å². The lowest BCUT2D eigenvalue weighted by Crippen LogP contribution is -2.46. The number of ether oxygens (including phenoxy) is 1. The zero-order chi connectivity index (χ0) is 25.0. The Bertz CT molecular complexity index is 1050. The van der Waals surface area contributed by atoms with Crippen LogP contribution in [0, 0.1) is 11.3 Å². The minimum Gasteiger partial charge on any atom is -0.481 e. The van der Waals surface area contributed by atoms with Crippen LogP contribution in [-0.4, -0.2) is 42.3 Å². The molecular formula is C28H34N2O5. The smallest absolute Gasteiger partial charge is 0.407 e. The summed E-state index contributed by atoms with van der Waals surface area (Å²) in [4.78, 5) is 36.5. The molecule has 0 spiro atoms. The third kappa shape index (κ3) is 5.66. The molecule has 2 amide bonds. The van der Waals surface area contributed by atoms with Crippen molar-refractivity contribution in [2.45, 2.75) is 57.9 Å². The van der Waals surface area contributed by atoms with Crippen LogP contribution in [-0.2, 0) is 14.3 Å². The van der Waals surface area contributed by atoms with Gasteiger partial charge in [-0.15, -0.1) is 0 Å². The molecule has 1 unspecified atom stereocenters. The molecule has 7 nitrogen and oxygen atoms in total. The van der Waals surface area contributed by atoms with Crippen LogP contribution in [0.3, 0.4) is 0 Å². The second-order valence-electron chi connectivity index (χ2n) is 10.3. The van der Waals surface area contributed by atoms with Crippen LogP contribution < -0.4 is 10.6 Å². The summed E-state index contributed by atoms with van der Waals surface area (Å²) >= 11 is 0. The quantitative estimate of drug-likeness (QED) is 0.459. The second kappa shape index (κ2) is 10.5. The standard InChI is InChI=1S/C28H34N2O5/c1-28(2,26(32)33)14-15-29-25(31)16-24(18-8-7-9-18)30-27(34)35-17-23-21-12-5-3-10-19(21)20-11-4-6-13-22(20)23/h3-6,10-13,18,23-24H,7-9,14-17H2,1-2H3,(H,29,31)(H,30,34)(H,32,33). The van der Waals surface area contributed by atoms with Crippen molar-refractivity contribution in [2.24, 2.45) is 11.3 Å². The van der Waals surface area contributed by atoms with E-state index in [4.69, 9.17) is 4.74 Å². The number of carboxylic acid groups (broad SMARTS) is 1. The monoisotopic (exact) mass is 478 g/mol. The van der Waals surface area contributed by atoms with E-state index in [-0.39, 0.29) is 43.4 Å². The summed E-state index contributed by atoms with van der Waals surface area (Å²) in [6, 6.07) is 16.1. The summed E-state index contributed by atoms with van der Waals surface area (Å²) in [5.74, 6) is -0.856. The summed E-state index contributed by atoms with van der Waals surface area (Å²) < 4.78 is 5.68. The highest BCUT2D eigenvalue weighted by Crippen LogP contribution is 2.44. The second-order valence-corrected chi connectivity index (χ2v) is 10.3. The van der Waals surface area contributed by atoms with Gasteiger partial charge >= 0.3 is 12.1 Å². The number of fused-ring (bicyclic) bond motifs is 3. The van der Waals surface area contributed by atoms with E-state index in [0.29, 0.717) is 6.42 Å². The van der Waals surface area contributed by atoms with Crippen LogP contribution in [0.2, 0.25) is 0 Å². The first kappa shape index (κ1) is 24.8. The topological polar surface area (TPSA) is 105 Å². The molecule has 1 fully saturated rings. The third-order valence-electron chi connectivity index (χ3n) is 7.42. The first-order chi connectivity index (χ1) is 16.8. The van der Waals surface area contributed by atoms with Crippen LogP contribution in [0.5, 0.6) is 0 Å². The molecule has 1 saturated carbocycles. The van der Waals surface area contributed by atoms with E-state index in [2.05, 4.69) is 34.9 Å².